The number of rotatable bonds is 4. The molecule has 7 heteroatoms. The summed E-state index contributed by atoms with van der Waals surface area (Å²) in [6, 6.07) is 2.59. The van der Waals surface area contributed by atoms with Gasteiger partial charge in [0.15, 0.2) is 5.82 Å². The van der Waals surface area contributed by atoms with E-state index in [1.165, 1.54) is 5.69 Å². The van der Waals surface area contributed by atoms with Crippen LogP contribution in [0.25, 0.3) is 0 Å². The van der Waals surface area contributed by atoms with Crippen molar-refractivity contribution in [3.63, 3.8) is 0 Å². The third-order valence-corrected chi connectivity index (χ3v) is 4.35. The first-order chi connectivity index (χ1) is 10.6. The van der Waals surface area contributed by atoms with Crippen LogP contribution in [0.1, 0.15) is 30.0 Å². The van der Waals surface area contributed by atoms with Crippen LogP contribution in [-0.4, -0.2) is 49.1 Å². The molecule has 1 aliphatic rings. The summed E-state index contributed by atoms with van der Waals surface area (Å²) in [5.41, 5.74) is 2.32. The lowest BCUT2D eigenvalue weighted by Gasteiger charge is -2.26. The van der Waals surface area contributed by atoms with Crippen LogP contribution in [0.15, 0.2) is 6.07 Å². The number of fused-ring (bicyclic) bond motifs is 1. The van der Waals surface area contributed by atoms with Gasteiger partial charge in [-0.3, -0.25) is 9.58 Å². The van der Waals surface area contributed by atoms with E-state index in [0.717, 1.165) is 43.4 Å². The highest BCUT2D eigenvalue weighted by molar-refractivity contribution is 5.09. The van der Waals surface area contributed by atoms with Crippen molar-refractivity contribution >= 4 is 0 Å². The fraction of sp³-hybridized carbons (Fsp3) is 0.667. The number of aromatic nitrogens is 5. The van der Waals surface area contributed by atoms with E-state index >= 15 is 0 Å². The van der Waals surface area contributed by atoms with Crippen molar-refractivity contribution in [1.82, 2.24) is 29.4 Å². The summed E-state index contributed by atoms with van der Waals surface area (Å²) in [6.45, 7) is 7.60. The summed E-state index contributed by atoms with van der Waals surface area (Å²) in [6.07, 6.45) is 0.910. The first kappa shape index (κ1) is 15.2. The van der Waals surface area contributed by atoms with Gasteiger partial charge in [0.05, 0.1) is 11.4 Å². The van der Waals surface area contributed by atoms with Crippen LogP contribution in [0.4, 0.5) is 0 Å². The monoisotopic (exact) mass is 304 g/mol. The molecule has 0 aliphatic carbocycles. The van der Waals surface area contributed by atoms with E-state index < -0.39 is 0 Å². The summed E-state index contributed by atoms with van der Waals surface area (Å²) < 4.78 is 9.39. The second-order valence-corrected chi connectivity index (χ2v) is 6.04. The molecule has 3 heterocycles. The molecule has 0 bridgehead atoms. The van der Waals surface area contributed by atoms with Crippen molar-refractivity contribution in [1.29, 1.82) is 0 Å². The maximum atomic E-state index is 5.21. The lowest BCUT2D eigenvalue weighted by Crippen LogP contribution is -2.35. The number of ether oxygens (including phenoxy) is 1. The molecule has 0 aromatic carbocycles. The molecule has 1 aliphatic heterocycles. The summed E-state index contributed by atoms with van der Waals surface area (Å²) >= 11 is 0. The van der Waals surface area contributed by atoms with Gasteiger partial charge < -0.3 is 9.30 Å². The zero-order chi connectivity index (χ0) is 15.7. The Labute approximate surface area is 130 Å². The van der Waals surface area contributed by atoms with Gasteiger partial charge in [-0.05, 0) is 19.9 Å². The van der Waals surface area contributed by atoms with Crippen molar-refractivity contribution < 1.29 is 4.74 Å². The SMILES string of the molecule is COCc1nnc2n1CCN(Cc1cc(C)nn1C)C(C)C2. The molecule has 3 rings (SSSR count). The molecule has 7 nitrogen and oxygen atoms in total. The lowest BCUT2D eigenvalue weighted by atomic mass is 10.2. The Morgan fingerprint density at radius 3 is 2.82 bits per heavy atom. The first-order valence-corrected chi connectivity index (χ1v) is 7.72. The molecule has 1 atom stereocenters. The summed E-state index contributed by atoms with van der Waals surface area (Å²) in [4.78, 5) is 2.49. The summed E-state index contributed by atoms with van der Waals surface area (Å²) in [5, 5.41) is 13.0. The molecule has 0 N–H and O–H groups in total. The number of aryl methyl sites for hydroxylation is 2. The van der Waals surface area contributed by atoms with Gasteiger partial charge in [-0.2, -0.15) is 5.10 Å². The largest absolute Gasteiger partial charge is 0.377 e. The van der Waals surface area contributed by atoms with Gasteiger partial charge in [-0.1, -0.05) is 0 Å². The normalized spacial score (nSPS) is 19.2. The van der Waals surface area contributed by atoms with E-state index in [4.69, 9.17) is 4.74 Å². The van der Waals surface area contributed by atoms with Crippen LogP contribution in [0.2, 0.25) is 0 Å². The fourth-order valence-corrected chi connectivity index (χ4v) is 3.11. The molecular formula is C15H24N6O. The molecule has 2 aromatic heterocycles. The third-order valence-electron chi connectivity index (χ3n) is 4.35. The highest BCUT2D eigenvalue weighted by Gasteiger charge is 2.24. The van der Waals surface area contributed by atoms with Crippen LogP contribution in [0.5, 0.6) is 0 Å². The Kier molecular flexibility index (Phi) is 4.26. The van der Waals surface area contributed by atoms with Crippen molar-refractivity contribution in [2.75, 3.05) is 13.7 Å². The topological polar surface area (TPSA) is 61.0 Å². The summed E-state index contributed by atoms with van der Waals surface area (Å²) in [7, 11) is 3.70. The number of nitrogens with zero attached hydrogens (tertiary/aromatic N) is 6. The quantitative estimate of drug-likeness (QED) is 0.840. The van der Waals surface area contributed by atoms with Gasteiger partial charge in [-0.25, -0.2) is 0 Å². The third kappa shape index (κ3) is 2.91. The van der Waals surface area contributed by atoms with E-state index in [-0.39, 0.29) is 0 Å². The maximum Gasteiger partial charge on any atom is 0.159 e. The van der Waals surface area contributed by atoms with E-state index in [1.54, 1.807) is 7.11 Å². The van der Waals surface area contributed by atoms with Gasteiger partial charge in [0.2, 0.25) is 0 Å². The molecule has 1 unspecified atom stereocenters. The minimum atomic E-state index is 0.427. The Morgan fingerprint density at radius 1 is 1.32 bits per heavy atom. The van der Waals surface area contributed by atoms with Crippen molar-refractivity contribution in [3.05, 3.63) is 29.1 Å². The highest BCUT2D eigenvalue weighted by Crippen LogP contribution is 2.17. The van der Waals surface area contributed by atoms with Crippen LogP contribution in [0, 0.1) is 6.92 Å². The van der Waals surface area contributed by atoms with Gasteiger partial charge in [0, 0.05) is 46.3 Å². The van der Waals surface area contributed by atoms with Crippen molar-refractivity contribution in [3.8, 4) is 0 Å². The molecule has 0 spiro atoms. The molecular weight excluding hydrogens is 280 g/mol. The lowest BCUT2D eigenvalue weighted by molar-refractivity contribution is 0.170. The Morgan fingerprint density at radius 2 is 2.14 bits per heavy atom. The van der Waals surface area contributed by atoms with Gasteiger partial charge in [0.1, 0.15) is 12.4 Å². The fourth-order valence-electron chi connectivity index (χ4n) is 3.11. The van der Waals surface area contributed by atoms with E-state index in [0.29, 0.717) is 12.6 Å². The average Bonchev–Trinajstić information content (AvgIpc) is 2.93. The maximum absolute atomic E-state index is 5.21. The number of hydrogen-bond donors (Lipinski definition) is 0. The van der Waals surface area contributed by atoms with Gasteiger partial charge in [-0.15, -0.1) is 10.2 Å². The molecule has 120 valence electrons. The molecule has 0 saturated heterocycles. The van der Waals surface area contributed by atoms with Gasteiger partial charge >= 0.3 is 0 Å². The Hall–Kier alpha value is -1.73. The second kappa shape index (κ2) is 6.18. The zero-order valence-corrected chi connectivity index (χ0v) is 13.8. The molecule has 22 heavy (non-hydrogen) atoms. The second-order valence-electron chi connectivity index (χ2n) is 6.04. The Bertz CT molecular complexity index is 646. The predicted molar refractivity (Wildman–Crippen MR) is 82.3 cm³/mol. The van der Waals surface area contributed by atoms with Gasteiger partial charge in [0.25, 0.3) is 0 Å². The number of hydrogen-bond acceptors (Lipinski definition) is 5. The predicted octanol–water partition coefficient (Wildman–Crippen LogP) is 0.913. The van der Waals surface area contributed by atoms with E-state index in [1.807, 2.05) is 18.7 Å². The molecule has 0 saturated carbocycles. The highest BCUT2D eigenvalue weighted by atomic mass is 16.5. The van der Waals surface area contributed by atoms with Crippen LogP contribution in [0.3, 0.4) is 0 Å². The summed E-state index contributed by atoms with van der Waals surface area (Å²) in [5.74, 6) is 1.98. The molecule has 0 radical (unpaired) electrons. The first-order valence-electron chi connectivity index (χ1n) is 7.72. The minimum Gasteiger partial charge on any atom is -0.377 e. The van der Waals surface area contributed by atoms with E-state index in [2.05, 4.69) is 37.8 Å². The van der Waals surface area contributed by atoms with Crippen molar-refractivity contribution in [2.45, 2.75) is 46.0 Å². The zero-order valence-electron chi connectivity index (χ0n) is 13.8. The van der Waals surface area contributed by atoms with E-state index in [9.17, 15) is 0 Å². The standard InChI is InChI=1S/C15H24N6O/c1-11-7-13(19(3)18-11)9-20-5-6-21-14(8-12(20)2)16-17-15(21)10-22-4/h7,12H,5-6,8-10H2,1-4H3. The molecule has 0 amide bonds. The average molecular weight is 304 g/mol. The smallest absolute Gasteiger partial charge is 0.159 e. The minimum absolute atomic E-state index is 0.427. The van der Waals surface area contributed by atoms with Crippen LogP contribution < -0.4 is 0 Å². The van der Waals surface area contributed by atoms with Crippen LogP contribution in [-0.2, 0) is 37.9 Å². The Balaban J connectivity index is 1.75. The van der Waals surface area contributed by atoms with Crippen LogP contribution >= 0.6 is 0 Å². The van der Waals surface area contributed by atoms with Crippen molar-refractivity contribution in [2.24, 2.45) is 7.05 Å². The molecule has 2 aromatic rings. The molecule has 0 fully saturated rings. The number of methoxy groups -OCH3 is 1.